The van der Waals surface area contributed by atoms with Gasteiger partial charge in [-0.1, -0.05) is 45.0 Å². The SMILES string of the molecule is CCCCC#CC(c1cccs1)[Si](C)(C)C. The zero-order valence-corrected chi connectivity index (χ0v) is 12.7. The Kier molecular flexibility index (Phi) is 5.31. The number of thiophene rings is 1. The Hall–Kier alpha value is -0.523. The van der Waals surface area contributed by atoms with E-state index in [0.717, 1.165) is 6.42 Å². The smallest absolute Gasteiger partial charge is 0.0679 e. The van der Waals surface area contributed by atoms with Crippen LogP contribution in [0.5, 0.6) is 0 Å². The molecule has 1 rings (SSSR count). The highest BCUT2D eigenvalue weighted by molar-refractivity contribution is 7.10. The molecule has 0 bridgehead atoms. The van der Waals surface area contributed by atoms with Gasteiger partial charge in [0.05, 0.1) is 8.07 Å². The molecule has 0 saturated heterocycles. The molecule has 0 radical (unpaired) electrons. The predicted molar refractivity (Wildman–Crippen MR) is 77.7 cm³/mol. The van der Waals surface area contributed by atoms with Crippen molar-refractivity contribution in [3.63, 3.8) is 0 Å². The van der Waals surface area contributed by atoms with Gasteiger partial charge in [0.2, 0.25) is 0 Å². The molecule has 1 heterocycles. The lowest BCUT2D eigenvalue weighted by Gasteiger charge is -2.23. The first kappa shape index (κ1) is 13.5. The normalized spacial score (nSPS) is 13.0. The van der Waals surface area contributed by atoms with Crippen LogP contribution >= 0.6 is 11.3 Å². The number of hydrogen-bond donors (Lipinski definition) is 0. The van der Waals surface area contributed by atoms with E-state index in [0.29, 0.717) is 5.54 Å². The van der Waals surface area contributed by atoms with Crippen LogP contribution in [0.1, 0.15) is 36.6 Å². The Bertz CT molecular complexity index is 348. The second kappa shape index (κ2) is 6.27. The third kappa shape index (κ3) is 4.15. The molecule has 0 N–H and O–H groups in total. The molecule has 1 aromatic rings. The minimum absolute atomic E-state index is 0.518. The fourth-order valence-electron chi connectivity index (χ4n) is 1.61. The molecule has 88 valence electrons. The van der Waals surface area contributed by atoms with E-state index in [2.05, 4.69) is 55.9 Å². The molecule has 0 aliphatic carbocycles. The summed E-state index contributed by atoms with van der Waals surface area (Å²) in [5, 5.41) is 2.16. The van der Waals surface area contributed by atoms with Crippen molar-refractivity contribution in [3.8, 4) is 11.8 Å². The van der Waals surface area contributed by atoms with Gasteiger partial charge >= 0.3 is 0 Å². The lowest BCUT2D eigenvalue weighted by Crippen LogP contribution is -2.29. The first-order valence-electron chi connectivity index (χ1n) is 6.07. The topological polar surface area (TPSA) is 0 Å². The summed E-state index contributed by atoms with van der Waals surface area (Å²) in [5.41, 5.74) is 0.518. The van der Waals surface area contributed by atoms with Crippen molar-refractivity contribution in [1.29, 1.82) is 0 Å². The Morgan fingerprint density at radius 2 is 2.12 bits per heavy atom. The van der Waals surface area contributed by atoms with Crippen LogP contribution in [0.2, 0.25) is 19.6 Å². The predicted octanol–water partition coefficient (Wildman–Crippen LogP) is 4.90. The van der Waals surface area contributed by atoms with E-state index in [1.54, 1.807) is 0 Å². The van der Waals surface area contributed by atoms with Gasteiger partial charge in [-0.2, -0.15) is 0 Å². The van der Waals surface area contributed by atoms with Crippen LogP contribution in [0.25, 0.3) is 0 Å². The zero-order chi connectivity index (χ0) is 12.0. The van der Waals surface area contributed by atoms with Gasteiger partial charge in [0, 0.05) is 16.8 Å². The molecule has 2 heteroatoms. The van der Waals surface area contributed by atoms with Gasteiger partial charge in [-0.15, -0.1) is 17.3 Å². The molecule has 1 aromatic heterocycles. The highest BCUT2D eigenvalue weighted by atomic mass is 32.1. The third-order valence-electron chi connectivity index (χ3n) is 2.60. The molecule has 1 atom stereocenters. The van der Waals surface area contributed by atoms with Gasteiger partial charge in [-0.25, -0.2) is 0 Å². The van der Waals surface area contributed by atoms with Crippen LogP contribution in [-0.4, -0.2) is 8.07 Å². The summed E-state index contributed by atoms with van der Waals surface area (Å²) < 4.78 is 0. The number of hydrogen-bond acceptors (Lipinski definition) is 1. The van der Waals surface area contributed by atoms with Crippen molar-refractivity contribution in [2.24, 2.45) is 0 Å². The first-order chi connectivity index (χ1) is 7.55. The molecule has 0 saturated carbocycles. The van der Waals surface area contributed by atoms with Crippen molar-refractivity contribution in [3.05, 3.63) is 22.4 Å². The summed E-state index contributed by atoms with van der Waals surface area (Å²) in [6.45, 7) is 9.45. The first-order valence-corrected chi connectivity index (χ1v) is 10.5. The van der Waals surface area contributed by atoms with Gasteiger partial charge in [-0.05, 0) is 17.9 Å². The highest BCUT2D eigenvalue weighted by Gasteiger charge is 2.27. The highest BCUT2D eigenvalue weighted by Crippen LogP contribution is 2.29. The fraction of sp³-hybridized carbons (Fsp3) is 0.571. The summed E-state index contributed by atoms with van der Waals surface area (Å²) in [6.07, 6.45) is 3.53. The van der Waals surface area contributed by atoms with E-state index in [1.165, 1.54) is 17.7 Å². The molecule has 16 heavy (non-hydrogen) atoms. The molecule has 1 unspecified atom stereocenters. The quantitative estimate of drug-likeness (QED) is 0.405. The lowest BCUT2D eigenvalue weighted by molar-refractivity contribution is 0.827. The van der Waals surface area contributed by atoms with Crippen molar-refractivity contribution in [2.45, 2.75) is 51.4 Å². The Morgan fingerprint density at radius 3 is 2.62 bits per heavy atom. The van der Waals surface area contributed by atoms with Crippen LogP contribution in [0, 0.1) is 11.8 Å². The molecule has 0 aromatic carbocycles. The fourth-order valence-corrected chi connectivity index (χ4v) is 5.03. The maximum Gasteiger partial charge on any atom is 0.0679 e. The second-order valence-electron chi connectivity index (χ2n) is 5.24. The Labute approximate surface area is 105 Å². The van der Waals surface area contributed by atoms with Gasteiger partial charge in [0.15, 0.2) is 0 Å². The van der Waals surface area contributed by atoms with Crippen LogP contribution in [0.15, 0.2) is 17.5 Å². The standard InChI is InChI=1S/C14H22SSi/c1-5-6-7-8-11-14(16(2,3)4)13-10-9-12-15-13/h9-10,12,14H,5-7H2,1-4H3. The number of unbranched alkanes of at least 4 members (excludes halogenated alkanes) is 2. The minimum atomic E-state index is -1.21. The Morgan fingerprint density at radius 1 is 1.38 bits per heavy atom. The van der Waals surface area contributed by atoms with Crippen LogP contribution in [0.3, 0.4) is 0 Å². The maximum atomic E-state index is 3.52. The van der Waals surface area contributed by atoms with Crippen molar-refractivity contribution in [2.75, 3.05) is 0 Å². The molecular weight excluding hydrogens is 228 g/mol. The van der Waals surface area contributed by atoms with Crippen LogP contribution in [0.4, 0.5) is 0 Å². The van der Waals surface area contributed by atoms with Gasteiger partial charge < -0.3 is 0 Å². The van der Waals surface area contributed by atoms with E-state index < -0.39 is 8.07 Å². The molecule has 0 amide bonds. The van der Waals surface area contributed by atoms with Crippen LogP contribution < -0.4 is 0 Å². The number of rotatable bonds is 4. The average molecular weight is 250 g/mol. The Balaban J connectivity index is 2.76. The largest absolute Gasteiger partial charge is 0.148 e. The van der Waals surface area contributed by atoms with Crippen molar-refractivity contribution >= 4 is 19.4 Å². The zero-order valence-electron chi connectivity index (χ0n) is 10.8. The van der Waals surface area contributed by atoms with E-state index >= 15 is 0 Å². The second-order valence-corrected chi connectivity index (χ2v) is 11.5. The molecule has 0 aliphatic heterocycles. The minimum Gasteiger partial charge on any atom is -0.148 e. The summed E-state index contributed by atoms with van der Waals surface area (Å²) in [6, 6.07) is 4.38. The van der Waals surface area contributed by atoms with E-state index in [-0.39, 0.29) is 0 Å². The van der Waals surface area contributed by atoms with E-state index in [4.69, 9.17) is 0 Å². The van der Waals surface area contributed by atoms with Gasteiger partial charge in [0.1, 0.15) is 0 Å². The summed E-state index contributed by atoms with van der Waals surface area (Å²) >= 11 is 1.85. The van der Waals surface area contributed by atoms with Crippen molar-refractivity contribution < 1.29 is 0 Å². The molecule has 0 aliphatic rings. The summed E-state index contributed by atoms with van der Waals surface area (Å²) in [7, 11) is -1.21. The van der Waals surface area contributed by atoms with Crippen LogP contribution in [-0.2, 0) is 0 Å². The maximum absolute atomic E-state index is 3.52. The molecule has 0 fully saturated rings. The summed E-state index contributed by atoms with van der Waals surface area (Å²) in [5.74, 6) is 6.89. The van der Waals surface area contributed by atoms with E-state index in [1.807, 2.05) is 11.3 Å². The average Bonchev–Trinajstić information content (AvgIpc) is 2.68. The van der Waals surface area contributed by atoms with Gasteiger partial charge in [-0.3, -0.25) is 0 Å². The third-order valence-corrected chi connectivity index (χ3v) is 5.93. The van der Waals surface area contributed by atoms with Crippen molar-refractivity contribution in [1.82, 2.24) is 0 Å². The van der Waals surface area contributed by atoms with Gasteiger partial charge in [0.25, 0.3) is 0 Å². The summed E-state index contributed by atoms with van der Waals surface area (Å²) in [4.78, 5) is 1.46. The molecular formula is C14H22SSi. The molecule has 0 spiro atoms. The van der Waals surface area contributed by atoms with E-state index in [9.17, 15) is 0 Å². The monoisotopic (exact) mass is 250 g/mol. The lowest BCUT2D eigenvalue weighted by atomic mass is 10.2. The molecule has 0 nitrogen and oxygen atoms in total.